The molecule has 0 bridgehead atoms. The predicted molar refractivity (Wildman–Crippen MR) is 116 cm³/mol. The van der Waals surface area contributed by atoms with Crippen molar-refractivity contribution in [3.8, 4) is 11.4 Å². The molecule has 1 saturated carbocycles. The summed E-state index contributed by atoms with van der Waals surface area (Å²) < 4.78 is 1.81. The molecule has 9 heteroatoms. The van der Waals surface area contributed by atoms with Crippen molar-refractivity contribution in [3.05, 3.63) is 59.2 Å². The molecule has 0 spiro atoms. The number of benzene rings is 2. The van der Waals surface area contributed by atoms with E-state index in [0.29, 0.717) is 35.2 Å². The highest BCUT2D eigenvalue weighted by atomic mass is 16.2. The topological polar surface area (TPSA) is 110 Å². The number of carbonyl (C=O) groups is 3. The third-order valence-electron chi connectivity index (χ3n) is 5.73. The van der Waals surface area contributed by atoms with Crippen LogP contribution in [-0.4, -0.2) is 49.4 Å². The summed E-state index contributed by atoms with van der Waals surface area (Å²) in [4.78, 5) is 39.3. The molecule has 1 aromatic heterocycles. The maximum Gasteiger partial charge on any atom is 0.261 e. The highest BCUT2D eigenvalue weighted by molar-refractivity contribution is 6.22. The number of rotatable bonds is 7. The van der Waals surface area contributed by atoms with E-state index in [9.17, 15) is 14.4 Å². The van der Waals surface area contributed by atoms with Crippen LogP contribution in [0.1, 0.15) is 69.7 Å². The van der Waals surface area contributed by atoms with E-state index in [-0.39, 0.29) is 23.3 Å². The molecule has 9 nitrogen and oxygen atoms in total. The summed E-state index contributed by atoms with van der Waals surface area (Å²) in [6.07, 6.45) is 3.75. The fraction of sp³-hybridized carbons (Fsp3) is 0.304. The van der Waals surface area contributed by atoms with Crippen molar-refractivity contribution in [1.29, 1.82) is 0 Å². The maximum atomic E-state index is 12.9. The summed E-state index contributed by atoms with van der Waals surface area (Å²) >= 11 is 0. The summed E-state index contributed by atoms with van der Waals surface area (Å²) in [5.74, 6) is -0.343. The van der Waals surface area contributed by atoms with Gasteiger partial charge in [0.25, 0.3) is 17.7 Å². The van der Waals surface area contributed by atoms with Gasteiger partial charge in [0.05, 0.1) is 17.2 Å². The molecule has 32 heavy (non-hydrogen) atoms. The molecule has 0 unspecified atom stereocenters. The molecule has 5 rings (SSSR count). The second-order valence-corrected chi connectivity index (χ2v) is 8.09. The number of fused-ring (bicyclic) bond motifs is 1. The van der Waals surface area contributed by atoms with Crippen LogP contribution in [0, 0.1) is 0 Å². The molecule has 162 valence electrons. The Morgan fingerprint density at radius 1 is 1.09 bits per heavy atom. The van der Waals surface area contributed by atoms with E-state index in [0.717, 1.165) is 31.2 Å². The Balaban J connectivity index is 1.36. The van der Waals surface area contributed by atoms with E-state index in [1.54, 1.807) is 18.2 Å². The summed E-state index contributed by atoms with van der Waals surface area (Å²) in [6.45, 7) is 2.39. The van der Waals surface area contributed by atoms with Gasteiger partial charge in [0, 0.05) is 23.4 Å². The predicted octanol–water partition coefficient (Wildman–Crippen LogP) is 3.32. The molecule has 2 aliphatic rings. The Morgan fingerprint density at radius 2 is 1.91 bits per heavy atom. The van der Waals surface area contributed by atoms with Gasteiger partial charge in [0.2, 0.25) is 0 Å². The highest BCUT2D eigenvalue weighted by Crippen LogP contribution is 2.36. The molecule has 1 aliphatic carbocycles. The van der Waals surface area contributed by atoms with Crippen LogP contribution in [0.15, 0.2) is 42.5 Å². The van der Waals surface area contributed by atoms with Gasteiger partial charge in [0.15, 0.2) is 5.82 Å². The number of nitrogens with zero attached hydrogens (tertiary/aromatic N) is 5. The minimum Gasteiger partial charge on any atom is -0.322 e. The minimum absolute atomic E-state index is 0.274. The Kier molecular flexibility index (Phi) is 5.01. The van der Waals surface area contributed by atoms with Crippen molar-refractivity contribution >= 4 is 23.4 Å². The summed E-state index contributed by atoms with van der Waals surface area (Å²) in [6, 6.07) is 12.3. The van der Waals surface area contributed by atoms with E-state index in [1.165, 1.54) is 11.0 Å². The molecule has 1 N–H and O–H groups in total. The van der Waals surface area contributed by atoms with Crippen LogP contribution in [0.5, 0.6) is 0 Å². The Labute approximate surface area is 184 Å². The smallest absolute Gasteiger partial charge is 0.261 e. The zero-order chi connectivity index (χ0) is 22.2. The lowest BCUT2D eigenvalue weighted by Crippen LogP contribution is -2.30. The van der Waals surface area contributed by atoms with E-state index < -0.39 is 0 Å². The summed E-state index contributed by atoms with van der Waals surface area (Å²) in [5, 5.41) is 14.8. The maximum absolute atomic E-state index is 12.9. The number of hydrogen-bond donors (Lipinski definition) is 1. The molecule has 3 amide bonds. The molecule has 2 heterocycles. The van der Waals surface area contributed by atoms with Crippen LogP contribution in [0.4, 0.5) is 5.69 Å². The number of aromatic nitrogens is 4. The van der Waals surface area contributed by atoms with Gasteiger partial charge in [-0.1, -0.05) is 25.5 Å². The number of tetrazole rings is 1. The van der Waals surface area contributed by atoms with Crippen molar-refractivity contribution in [1.82, 2.24) is 25.1 Å². The van der Waals surface area contributed by atoms with Crippen molar-refractivity contribution in [2.75, 3.05) is 11.9 Å². The lowest BCUT2D eigenvalue weighted by molar-refractivity contribution is 0.0652. The Morgan fingerprint density at radius 3 is 2.69 bits per heavy atom. The molecule has 2 aromatic carbocycles. The van der Waals surface area contributed by atoms with Crippen molar-refractivity contribution in [2.24, 2.45) is 0 Å². The zero-order valence-electron chi connectivity index (χ0n) is 17.6. The minimum atomic E-state index is -0.362. The summed E-state index contributed by atoms with van der Waals surface area (Å²) in [7, 11) is 0. The highest BCUT2D eigenvalue weighted by Gasteiger charge is 2.35. The van der Waals surface area contributed by atoms with Gasteiger partial charge in [0.1, 0.15) is 0 Å². The Hall–Kier alpha value is -3.88. The fourth-order valence-electron chi connectivity index (χ4n) is 3.84. The number of imide groups is 1. The van der Waals surface area contributed by atoms with Crippen LogP contribution in [0.3, 0.4) is 0 Å². The second kappa shape index (κ2) is 7.99. The van der Waals surface area contributed by atoms with Crippen molar-refractivity contribution in [2.45, 2.75) is 38.6 Å². The number of carbonyl (C=O) groups excluding carboxylic acids is 3. The van der Waals surface area contributed by atoms with E-state index in [2.05, 4.69) is 20.8 Å². The van der Waals surface area contributed by atoms with Gasteiger partial charge in [-0.15, -0.1) is 5.10 Å². The lowest BCUT2D eigenvalue weighted by atomic mass is 10.1. The number of anilines is 1. The third kappa shape index (κ3) is 3.55. The standard InChI is InChI=1S/C23H22N6O3/c1-2-3-11-28-22(31)18-10-7-15(13-19(18)23(28)32)21(30)24-16-6-4-5-14(12-16)20-25-26-27-29(20)17-8-9-17/h4-7,10,12-13,17H,2-3,8-9,11H2,1H3,(H,24,30). The molecular formula is C23H22N6O3. The van der Waals surface area contributed by atoms with Gasteiger partial charge in [-0.3, -0.25) is 19.3 Å². The fourth-order valence-corrected chi connectivity index (χ4v) is 3.84. The molecular weight excluding hydrogens is 408 g/mol. The van der Waals surface area contributed by atoms with Gasteiger partial charge >= 0.3 is 0 Å². The molecule has 0 atom stereocenters. The molecule has 0 saturated heterocycles. The first-order valence-corrected chi connectivity index (χ1v) is 10.8. The first-order valence-electron chi connectivity index (χ1n) is 10.8. The van der Waals surface area contributed by atoms with Crippen LogP contribution < -0.4 is 5.32 Å². The monoisotopic (exact) mass is 430 g/mol. The van der Waals surface area contributed by atoms with Gasteiger partial charge in [-0.05, 0) is 60.0 Å². The third-order valence-corrected chi connectivity index (χ3v) is 5.73. The van der Waals surface area contributed by atoms with E-state index in [4.69, 9.17) is 0 Å². The van der Waals surface area contributed by atoms with Gasteiger partial charge in [-0.25, -0.2) is 4.68 Å². The first-order chi connectivity index (χ1) is 15.6. The number of nitrogens with one attached hydrogen (secondary N) is 1. The number of amides is 3. The largest absolute Gasteiger partial charge is 0.322 e. The van der Waals surface area contributed by atoms with Gasteiger partial charge < -0.3 is 5.32 Å². The average molecular weight is 430 g/mol. The normalized spacial score (nSPS) is 15.2. The number of hydrogen-bond acceptors (Lipinski definition) is 6. The zero-order valence-corrected chi connectivity index (χ0v) is 17.6. The van der Waals surface area contributed by atoms with Crippen LogP contribution in [0.2, 0.25) is 0 Å². The number of unbranched alkanes of at least 4 members (excludes halogenated alkanes) is 1. The van der Waals surface area contributed by atoms with Crippen LogP contribution >= 0.6 is 0 Å². The van der Waals surface area contributed by atoms with Gasteiger partial charge in [-0.2, -0.15) is 0 Å². The van der Waals surface area contributed by atoms with E-state index in [1.807, 2.05) is 29.8 Å². The molecule has 1 fully saturated rings. The second-order valence-electron chi connectivity index (χ2n) is 8.09. The molecule has 0 radical (unpaired) electrons. The average Bonchev–Trinajstić information content (AvgIpc) is 3.48. The Bertz CT molecular complexity index is 1230. The van der Waals surface area contributed by atoms with E-state index >= 15 is 0 Å². The molecule has 3 aromatic rings. The van der Waals surface area contributed by atoms with Crippen LogP contribution in [-0.2, 0) is 0 Å². The molecule has 1 aliphatic heterocycles. The SMILES string of the molecule is CCCCN1C(=O)c2ccc(C(=O)Nc3cccc(-c4nnnn4C4CC4)c3)cc2C1=O. The summed E-state index contributed by atoms with van der Waals surface area (Å²) in [5.41, 5.74) is 2.33. The lowest BCUT2D eigenvalue weighted by Gasteiger charge is -2.12. The van der Waals surface area contributed by atoms with Crippen LogP contribution in [0.25, 0.3) is 11.4 Å². The quantitative estimate of drug-likeness (QED) is 0.576. The van der Waals surface area contributed by atoms with Crippen molar-refractivity contribution < 1.29 is 14.4 Å². The first kappa shape index (κ1) is 20.0. The van der Waals surface area contributed by atoms with Crippen molar-refractivity contribution in [3.63, 3.8) is 0 Å².